The van der Waals surface area contributed by atoms with Crippen molar-refractivity contribution in [2.75, 3.05) is 36.0 Å². The van der Waals surface area contributed by atoms with Gasteiger partial charge in [-0.2, -0.15) is 0 Å². The van der Waals surface area contributed by atoms with Crippen molar-refractivity contribution in [2.45, 2.75) is 130 Å². The highest BCUT2D eigenvalue weighted by molar-refractivity contribution is 6.06. The van der Waals surface area contributed by atoms with E-state index in [1.807, 2.05) is 19.1 Å². The number of unbranched alkanes of at least 4 members (excludes halogenated alkanes) is 1. The van der Waals surface area contributed by atoms with E-state index in [4.69, 9.17) is 5.73 Å². The van der Waals surface area contributed by atoms with Crippen molar-refractivity contribution in [3.05, 3.63) is 59.7 Å². The Morgan fingerprint density at radius 3 is 1.84 bits per heavy atom. The van der Waals surface area contributed by atoms with Gasteiger partial charge in [0.15, 0.2) is 0 Å². The molecule has 314 valence electrons. The zero-order valence-electron chi connectivity index (χ0n) is 34.9. The summed E-state index contributed by atoms with van der Waals surface area (Å²) in [6, 6.07) is 10.9. The van der Waals surface area contributed by atoms with Gasteiger partial charge in [0.2, 0.25) is 35.4 Å². The summed E-state index contributed by atoms with van der Waals surface area (Å²) in [6.07, 6.45) is 4.76. The van der Waals surface area contributed by atoms with Gasteiger partial charge in [-0.1, -0.05) is 62.6 Å². The lowest BCUT2D eigenvalue weighted by Crippen LogP contribution is -2.59. The summed E-state index contributed by atoms with van der Waals surface area (Å²) in [6.45, 7) is 13.6. The van der Waals surface area contributed by atoms with Crippen LogP contribution in [-0.4, -0.2) is 102 Å². The lowest BCUT2D eigenvalue weighted by molar-refractivity contribution is -0.132. The first kappa shape index (κ1) is 46.6. The van der Waals surface area contributed by atoms with Crippen LogP contribution in [0.25, 0.3) is 0 Å². The average molecular weight is 792 g/mol. The second kappa shape index (κ2) is 22.8. The van der Waals surface area contributed by atoms with Crippen LogP contribution in [0.3, 0.4) is 0 Å². The summed E-state index contributed by atoms with van der Waals surface area (Å²) in [5.74, 6) is -3.65. The van der Waals surface area contributed by atoms with Crippen molar-refractivity contribution < 1.29 is 33.9 Å². The number of carbonyl (C=O) groups is 6. The molecular weight excluding hydrogens is 727 g/mol. The van der Waals surface area contributed by atoms with Crippen LogP contribution in [0.4, 0.5) is 11.4 Å². The number of nitrogens with two attached hydrogens (primary N) is 1. The molecule has 14 nitrogen and oxygen atoms in total. The van der Waals surface area contributed by atoms with Gasteiger partial charge in [-0.3, -0.25) is 38.6 Å². The van der Waals surface area contributed by atoms with Gasteiger partial charge in [0.05, 0.1) is 19.2 Å². The molecule has 1 saturated carbocycles. The Morgan fingerprint density at radius 2 is 1.32 bits per heavy atom. The molecule has 1 aliphatic carbocycles. The van der Waals surface area contributed by atoms with E-state index >= 15 is 0 Å². The number of hydrogen-bond acceptors (Lipinski definition) is 8. The molecular formula is C43H65N7O7. The van der Waals surface area contributed by atoms with Crippen LogP contribution in [0.1, 0.15) is 97.1 Å². The molecule has 0 bridgehead atoms. The van der Waals surface area contributed by atoms with E-state index in [9.17, 15) is 33.9 Å². The van der Waals surface area contributed by atoms with E-state index < -0.39 is 60.3 Å². The number of amides is 6. The van der Waals surface area contributed by atoms with E-state index in [-0.39, 0.29) is 24.8 Å². The first-order valence-corrected chi connectivity index (χ1v) is 20.4. The number of carbonyl (C=O) groups excluding carboxylic acids is 6. The van der Waals surface area contributed by atoms with Crippen molar-refractivity contribution >= 4 is 46.8 Å². The topological polar surface area (TPSA) is 194 Å². The highest BCUT2D eigenvalue weighted by atomic mass is 16.3. The number of para-hydroxylation sites is 2. The Balaban J connectivity index is 1.90. The number of primary amides is 1. The van der Waals surface area contributed by atoms with Crippen molar-refractivity contribution in [1.82, 2.24) is 20.9 Å². The molecule has 2 aromatic carbocycles. The van der Waals surface area contributed by atoms with Gasteiger partial charge in [0.1, 0.15) is 18.1 Å². The van der Waals surface area contributed by atoms with Crippen LogP contribution in [0.5, 0.6) is 0 Å². The molecule has 2 aromatic rings. The molecule has 1 aliphatic rings. The smallest absolute Gasteiger partial charge is 0.247 e. The summed E-state index contributed by atoms with van der Waals surface area (Å²) in [7, 11) is 0. The highest BCUT2D eigenvalue weighted by Crippen LogP contribution is 2.27. The minimum Gasteiger partial charge on any atom is -0.391 e. The predicted octanol–water partition coefficient (Wildman–Crippen LogP) is 3.49. The second-order valence-electron chi connectivity index (χ2n) is 15.4. The minimum atomic E-state index is -1.40. The van der Waals surface area contributed by atoms with Gasteiger partial charge < -0.3 is 31.7 Å². The number of rotatable bonds is 21. The van der Waals surface area contributed by atoms with E-state index in [2.05, 4.69) is 41.6 Å². The Labute approximate surface area is 338 Å². The van der Waals surface area contributed by atoms with Gasteiger partial charge in [0, 0.05) is 23.3 Å². The number of aliphatic hydroxyl groups is 1. The molecule has 0 heterocycles. The third-order valence-electron chi connectivity index (χ3n) is 10.9. The van der Waals surface area contributed by atoms with Gasteiger partial charge >= 0.3 is 0 Å². The van der Waals surface area contributed by atoms with Crippen LogP contribution in [0, 0.1) is 19.8 Å². The first-order chi connectivity index (χ1) is 27.1. The van der Waals surface area contributed by atoms with Crippen molar-refractivity contribution in [3.63, 3.8) is 0 Å². The molecule has 1 unspecified atom stereocenters. The SMILES string of the molecule is CCN(CCCC[C@@H](C(=O)NC(C(N)=O)[C@H](C)O)N(C(=O)CNC(=O)[C@H](C)N(C(=O)CNC(=O)C1CCCCC1)c1ccccc1C)c1ccccc1C)C(C)C. The molecule has 0 aromatic heterocycles. The second-order valence-corrected chi connectivity index (χ2v) is 15.4. The summed E-state index contributed by atoms with van der Waals surface area (Å²) in [5.41, 5.74) is 7.88. The molecule has 14 heteroatoms. The Hall–Kier alpha value is -4.82. The third-order valence-corrected chi connectivity index (χ3v) is 10.9. The van der Waals surface area contributed by atoms with E-state index in [0.717, 1.165) is 57.2 Å². The van der Waals surface area contributed by atoms with Gasteiger partial charge in [-0.05, 0) is 110 Å². The molecule has 4 atom stereocenters. The van der Waals surface area contributed by atoms with Crippen LogP contribution in [0.15, 0.2) is 48.5 Å². The minimum absolute atomic E-state index is 0.146. The Bertz CT molecular complexity index is 1680. The summed E-state index contributed by atoms with van der Waals surface area (Å²) >= 11 is 0. The fourth-order valence-corrected chi connectivity index (χ4v) is 7.46. The summed E-state index contributed by atoms with van der Waals surface area (Å²) in [5, 5.41) is 18.3. The maximum absolute atomic E-state index is 14.4. The molecule has 6 N–H and O–H groups in total. The number of anilines is 2. The molecule has 0 spiro atoms. The van der Waals surface area contributed by atoms with Crippen molar-refractivity contribution in [1.29, 1.82) is 0 Å². The van der Waals surface area contributed by atoms with E-state index in [0.29, 0.717) is 29.4 Å². The molecule has 57 heavy (non-hydrogen) atoms. The number of benzene rings is 2. The average Bonchev–Trinajstić information content (AvgIpc) is 3.18. The maximum atomic E-state index is 14.4. The zero-order chi connectivity index (χ0) is 42.2. The maximum Gasteiger partial charge on any atom is 0.247 e. The number of aliphatic hydroxyl groups excluding tert-OH is 1. The van der Waals surface area contributed by atoms with Crippen molar-refractivity contribution in [3.8, 4) is 0 Å². The van der Waals surface area contributed by atoms with Gasteiger partial charge in [-0.25, -0.2) is 0 Å². The quantitative estimate of drug-likeness (QED) is 0.119. The fourth-order valence-electron chi connectivity index (χ4n) is 7.46. The van der Waals surface area contributed by atoms with Crippen LogP contribution in [-0.2, 0) is 28.8 Å². The molecule has 1 fully saturated rings. The molecule has 0 aliphatic heterocycles. The number of aryl methyl sites for hydroxylation is 2. The zero-order valence-corrected chi connectivity index (χ0v) is 34.9. The molecule has 3 rings (SSSR count). The number of nitrogens with zero attached hydrogens (tertiary/aromatic N) is 3. The molecule has 6 amide bonds. The van der Waals surface area contributed by atoms with Gasteiger partial charge in [0.25, 0.3) is 0 Å². The van der Waals surface area contributed by atoms with E-state index in [1.54, 1.807) is 50.2 Å². The standard InChI is InChI=1S/C43H65N7O7/c1-8-48(28(2)3)25-17-16-24-36(43(57)47-39(32(7)51)40(44)54)50(35-23-15-13-19-30(35)5)38(53)27-45-41(55)31(6)49(34-22-14-12-18-29(34)4)37(52)26-46-42(56)33-20-10-9-11-21-33/h12-15,18-19,22-23,28,31-33,36,39,51H,8-11,16-17,20-21,24-27H2,1-7H3,(H2,44,54)(H,45,55)(H,46,56)(H,47,57)/t31-,32-,36-,39?/m0/s1. The molecule has 0 saturated heterocycles. The van der Waals surface area contributed by atoms with Crippen molar-refractivity contribution in [2.24, 2.45) is 11.7 Å². The largest absolute Gasteiger partial charge is 0.391 e. The monoisotopic (exact) mass is 791 g/mol. The number of hydrogen-bond donors (Lipinski definition) is 5. The number of nitrogens with one attached hydrogen (secondary N) is 3. The first-order valence-electron chi connectivity index (χ1n) is 20.4. The third kappa shape index (κ3) is 13.4. The predicted molar refractivity (Wildman–Crippen MR) is 222 cm³/mol. The summed E-state index contributed by atoms with van der Waals surface area (Å²) < 4.78 is 0. The lowest BCUT2D eigenvalue weighted by Gasteiger charge is -2.34. The lowest BCUT2D eigenvalue weighted by atomic mass is 9.89. The Kier molecular flexibility index (Phi) is 18.6. The normalized spacial score (nSPS) is 15.3. The Morgan fingerprint density at radius 1 is 0.772 bits per heavy atom. The highest BCUT2D eigenvalue weighted by Gasteiger charge is 2.36. The fraction of sp³-hybridized carbons (Fsp3) is 0.581. The summed E-state index contributed by atoms with van der Waals surface area (Å²) in [4.78, 5) is 86.4. The van der Waals surface area contributed by atoms with Crippen LogP contribution in [0.2, 0.25) is 0 Å². The molecule has 0 radical (unpaired) electrons. The van der Waals surface area contributed by atoms with E-state index in [1.165, 1.54) is 16.7 Å². The van der Waals surface area contributed by atoms with Crippen LogP contribution < -0.4 is 31.5 Å². The van der Waals surface area contributed by atoms with Gasteiger partial charge in [-0.15, -0.1) is 0 Å². The van der Waals surface area contributed by atoms with Crippen LogP contribution >= 0.6 is 0 Å².